The quantitative estimate of drug-likeness (QED) is 0.659. The van der Waals surface area contributed by atoms with Gasteiger partial charge in [0.15, 0.2) is 0 Å². The van der Waals surface area contributed by atoms with Gasteiger partial charge in [-0.25, -0.2) is 0 Å². The first-order valence-corrected chi connectivity index (χ1v) is 7.57. The highest BCUT2D eigenvalue weighted by atomic mass is 16.2. The average molecular weight is 301 g/mol. The van der Waals surface area contributed by atoms with Crippen LogP contribution in [0.15, 0.2) is 36.9 Å². The van der Waals surface area contributed by atoms with Gasteiger partial charge in [0.2, 0.25) is 11.8 Å². The fraction of sp³-hybridized carbons (Fsp3) is 0.412. The zero-order valence-electron chi connectivity index (χ0n) is 13.0. The maximum absolute atomic E-state index is 12.1. The summed E-state index contributed by atoms with van der Waals surface area (Å²) < 4.78 is 0. The Labute approximate surface area is 131 Å². The summed E-state index contributed by atoms with van der Waals surface area (Å²) in [7, 11) is 0. The van der Waals surface area contributed by atoms with E-state index >= 15 is 0 Å². The first-order valence-electron chi connectivity index (χ1n) is 7.57. The number of carbonyl (C=O) groups is 2. The molecule has 1 aliphatic heterocycles. The van der Waals surface area contributed by atoms with E-state index in [0.717, 1.165) is 13.1 Å². The van der Waals surface area contributed by atoms with Crippen LogP contribution < -0.4 is 10.2 Å². The van der Waals surface area contributed by atoms with Crippen molar-refractivity contribution in [1.29, 1.82) is 0 Å². The second-order valence-corrected chi connectivity index (χ2v) is 5.48. The first kappa shape index (κ1) is 16.1. The predicted molar refractivity (Wildman–Crippen MR) is 87.8 cm³/mol. The maximum atomic E-state index is 12.1. The standard InChI is InChI=1S/C17H23N3O2/c1-3-7-18-16(21)13-17(22)20-10-8-19(9-11-20)15-6-4-5-14(2)12-15/h3-6,12H,1,7-11,13H2,2H3,(H,18,21). The van der Waals surface area contributed by atoms with Crippen molar-refractivity contribution in [1.82, 2.24) is 10.2 Å². The molecule has 1 N–H and O–H groups in total. The lowest BCUT2D eigenvalue weighted by molar-refractivity contribution is -0.136. The maximum Gasteiger partial charge on any atom is 0.232 e. The van der Waals surface area contributed by atoms with Gasteiger partial charge >= 0.3 is 0 Å². The molecule has 22 heavy (non-hydrogen) atoms. The van der Waals surface area contributed by atoms with Gasteiger partial charge in [0.25, 0.3) is 0 Å². The number of nitrogens with one attached hydrogen (secondary N) is 1. The van der Waals surface area contributed by atoms with E-state index in [1.54, 1.807) is 11.0 Å². The van der Waals surface area contributed by atoms with Gasteiger partial charge in [-0.3, -0.25) is 9.59 Å². The highest BCUT2D eigenvalue weighted by Crippen LogP contribution is 2.18. The van der Waals surface area contributed by atoms with Gasteiger partial charge in [-0.1, -0.05) is 18.2 Å². The molecule has 2 rings (SSSR count). The van der Waals surface area contributed by atoms with Crippen LogP contribution >= 0.6 is 0 Å². The van der Waals surface area contributed by atoms with Crippen LogP contribution in [0.1, 0.15) is 12.0 Å². The Kier molecular flexibility index (Phi) is 5.58. The van der Waals surface area contributed by atoms with Crippen molar-refractivity contribution in [2.75, 3.05) is 37.6 Å². The lowest BCUT2D eigenvalue weighted by atomic mass is 10.2. The lowest BCUT2D eigenvalue weighted by Crippen LogP contribution is -2.49. The molecule has 1 aromatic rings. The van der Waals surface area contributed by atoms with Crippen LogP contribution in [-0.4, -0.2) is 49.4 Å². The van der Waals surface area contributed by atoms with Gasteiger partial charge in [0.1, 0.15) is 6.42 Å². The molecule has 5 heteroatoms. The molecule has 0 unspecified atom stereocenters. The van der Waals surface area contributed by atoms with Crippen LogP contribution in [0.3, 0.4) is 0 Å². The van der Waals surface area contributed by atoms with E-state index in [1.807, 2.05) is 6.07 Å². The number of carbonyl (C=O) groups excluding carboxylic acids is 2. The molecular weight excluding hydrogens is 278 g/mol. The molecule has 1 aliphatic rings. The van der Waals surface area contributed by atoms with Crippen LogP contribution in [0.25, 0.3) is 0 Å². The summed E-state index contributed by atoms with van der Waals surface area (Å²) in [6.07, 6.45) is 1.52. The average Bonchev–Trinajstić information content (AvgIpc) is 2.53. The summed E-state index contributed by atoms with van der Waals surface area (Å²) in [5, 5.41) is 2.63. The van der Waals surface area contributed by atoms with Gasteiger partial charge in [-0.15, -0.1) is 6.58 Å². The molecule has 5 nitrogen and oxygen atoms in total. The summed E-state index contributed by atoms with van der Waals surface area (Å²) in [4.78, 5) is 27.7. The number of hydrogen-bond donors (Lipinski definition) is 1. The molecule has 1 aromatic carbocycles. The van der Waals surface area contributed by atoms with Crippen molar-refractivity contribution in [3.63, 3.8) is 0 Å². The summed E-state index contributed by atoms with van der Waals surface area (Å²) in [5.41, 5.74) is 2.42. The fourth-order valence-electron chi connectivity index (χ4n) is 2.54. The smallest absolute Gasteiger partial charge is 0.232 e. The first-order chi connectivity index (χ1) is 10.6. The molecule has 0 spiro atoms. The monoisotopic (exact) mass is 301 g/mol. The fourth-order valence-corrected chi connectivity index (χ4v) is 2.54. The minimum Gasteiger partial charge on any atom is -0.368 e. The Morgan fingerprint density at radius 1 is 1.27 bits per heavy atom. The van der Waals surface area contributed by atoms with Crippen LogP contribution in [-0.2, 0) is 9.59 Å². The second kappa shape index (κ2) is 7.64. The van der Waals surface area contributed by atoms with E-state index < -0.39 is 0 Å². The third-order valence-electron chi connectivity index (χ3n) is 3.75. The van der Waals surface area contributed by atoms with Crippen molar-refractivity contribution >= 4 is 17.5 Å². The third-order valence-corrected chi connectivity index (χ3v) is 3.75. The summed E-state index contributed by atoms with van der Waals surface area (Å²) in [6.45, 7) is 8.90. The zero-order chi connectivity index (χ0) is 15.9. The second-order valence-electron chi connectivity index (χ2n) is 5.48. The number of hydrogen-bond acceptors (Lipinski definition) is 3. The van der Waals surface area contributed by atoms with Gasteiger partial charge in [-0.2, -0.15) is 0 Å². The normalized spacial score (nSPS) is 14.6. The number of benzene rings is 1. The van der Waals surface area contributed by atoms with E-state index in [-0.39, 0.29) is 18.2 Å². The number of aryl methyl sites for hydroxylation is 1. The van der Waals surface area contributed by atoms with Crippen molar-refractivity contribution in [2.45, 2.75) is 13.3 Å². The van der Waals surface area contributed by atoms with Crippen molar-refractivity contribution in [2.24, 2.45) is 0 Å². The Morgan fingerprint density at radius 2 is 2.00 bits per heavy atom. The number of rotatable bonds is 5. The molecular formula is C17H23N3O2. The molecule has 0 aromatic heterocycles. The minimum absolute atomic E-state index is 0.0850. The summed E-state index contributed by atoms with van der Waals surface area (Å²) in [6, 6.07) is 8.37. The Bertz CT molecular complexity index is 549. The van der Waals surface area contributed by atoms with Crippen LogP contribution in [0.2, 0.25) is 0 Å². The topological polar surface area (TPSA) is 52.7 Å². The van der Waals surface area contributed by atoms with E-state index in [1.165, 1.54) is 11.3 Å². The molecule has 0 saturated carbocycles. The molecule has 0 atom stereocenters. The summed E-state index contributed by atoms with van der Waals surface area (Å²) >= 11 is 0. The molecule has 0 bridgehead atoms. The largest absolute Gasteiger partial charge is 0.368 e. The van der Waals surface area contributed by atoms with Gasteiger partial charge in [0, 0.05) is 38.4 Å². The number of amides is 2. The lowest BCUT2D eigenvalue weighted by Gasteiger charge is -2.36. The highest BCUT2D eigenvalue weighted by molar-refractivity contribution is 5.97. The van der Waals surface area contributed by atoms with Crippen molar-refractivity contribution in [3.8, 4) is 0 Å². The van der Waals surface area contributed by atoms with Crippen LogP contribution in [0.5, 0.6) is 0 Å². The molecule has 0 radical (unpaired) electrons. The third kappa shape index (κ3) is 4.35. The van der Waals surface area contributed by atoms with Crippen LogP contribution in [0, 0.1) is 6.92 Å². The SMILES string of the molecule is C=CCNC(=O)CC(=O)N1CCN(c2cccc(C)c2)CC1. The molecule has 1 saturated heterocycles. The zero-order valence-corrected chi connectivity index (χ0v) is 13.0. The predicted octanol–water partition coefficient (Wildman–Crippen LogP) is 1.34. The van der Waals surface area contributed by atoms with E-state index in [0.29, 0.717) is 19.6 Å². The van der Waals surface area contributed by atoms with Gasteiger partial charge in [0.05, 0.1) is 0 Å². The summed E-state index contributed by atoms with van der Waals surface area (Å²) in [5.74, 6) is -0.350. The van der Waals surface area contributed by atoms with E-state index in [4.69, 9.17) is 0 Å². The number of nitrogens with zero attached hydrogens (tertiary/aromatic N) is 2. The Balaban J connectivity index is 1.82. The molecule has 2 amide bonds. The van der Waals surface area contributed by atoms with Crippen LogP contribution in [0.4, 0.5) is 5.69 Å². The number of piperazine rings is 1. The highest BCUT2D eigenvalue weighted by Gasteiger charge is 2.22. The molecule has 118 valence electrons. The molecule has 1 fully saturated rings. The Morgan fingerprint density at radius 3 is 2.64 bits per heavy atom. The van der Waals surface area contributed by atoms with E-state index in [2.05, 4.69) is 41.9 Å². The molecule has 0 aliphatic carbocycles. The van der Waals surface area contributed by atoms with Crippen molar-refractivity contribution < 1.29 is 9.59 Å². The van der Waals surface area contributed by atoms with E-state index in [9.17, 15) is 9.59 Å². The minimum atomic E-state index is -0.244. The number of anilines is 1. The molecule has 1 heterocycles. The van der Waals surface area contributed by atoms with Gasteiger partial charge < -0.3 is 15.1 Å². The van der Waals surface area contributed by atoms with Gasteiger partial charge in [-0.05, 0) is 24.6 Å². The van der Waals surface area contributed by atoms with Crippen molar-refractivity contribution in [3.05, 3.63) is 42.5 Å². The Hall–Kier alpha value is -2.30.